The van der Waals surface area contributed by atoms with Gasteiger partial charge in [-0.3, -0.25) is 0 Å². The van der Waals surface area contributed by atoms with E-state index in [2.05, 4.69) is 34.2 Å². The predicted octanol–water partition coefficient (Wildman–Crippen LogP) is 4.71. The zero-order valence-electron chi connectivity index (χ0n) is 11.3. The Balaban J connectivity index is 2.03. The molecule has 1 aliphatic heterocycles. The first kappa shape index (κ1) is 15.3. The first-order valence-electron chi connectivity index (χ1n) is 7.00. The molecular formula is C15H21BrClNO. The molecule has 0 spiro atoms. The fourth-order valence-corrected chi connectivity index (χ4v) is 3.25. The summed E-state index contributed by atoms with van der Waals surface area (Å²) in [5, 5.41) is 4.36. The van der Waals surface area contributed by atoms with Crippen molar-refractivity contribution in [3.05, 3.63) is 33.3 Å². The van der Waals surface area contributed by atoms with Gasteiger partial charge >= 0.3 is 0 Å². The van der Waals surface area contributed by atoms with Crippen LogP contribution < -0.4 is 5.32 Å². The molecule has 2 nitrogen and oxygen atoms in total. The summed E-state index contributed by atoms with van der Waals surface area (Å²) in [6.07, 6.45) is 5.00. The van der Waals surface area contributed by atoms with Gasteiger partial charge in [-0.05, 0) is 56.0 Å². The van der Waals surface area contributed by atoms with Gasteiger partial charge in [0.15, 0.2) is 0 Å². The van der Waals surface area contributed by atoms with Gasteiger partial charge in [-0.1, -0.05) is 34.5 Å². The molecule has 0 saturated carbocycles. The maximum absolute atomic E-state index is 6.33. The van der Waals surface area contributed by atoms with Gasteiger partial charge in [0.25, 0.3) is 0 Å². The van der Waals surface area contributed by atoms with Crippen molar-refractivity contribution in [2.45, 2.75) is 44.8 Å². The zero-order valence-corrected chi connectivity index (χ0v) is 13.6. The number of benzene rings is 1. The lowest BCUT2D eigenvalue weighted by Gasteiger charge is -2.21. The van der Waals surface area contributed by atoms with Crippen molar-refractivity contribution in [3.63, 3.8) is 0 Å². The fraction of sp³-hybridized carbons (Fsp3) is 0.600. The highest BCUT2D eigenvalue weighted by Crippen LogP contribution is 2.30. The standard InChI is InChI=1S/C15H21BrClNO/c1-2-18-15(8-6-12-4-3-9-19-12)13-10-11(16)5-7-14(13)17/h5,7,10,12,15,18H,2-4,6,8-9H2,1H3. The molecule has 0 bridgehead atoms. The number of hydrogen-bond donors (Lipinski definition) is 1. The van der Waals surface area contributed by atoms with Crippen LogP contribution in [0.1, 0.15) is 44.2 Å². The van der Waals surface area contributed by atoms with Crippen molar-refractivity contribution < 1.29 is 4.74 Å². The molecule has 19 heavy (non-hydrogen) atoms. The Morgan fingerprint density at radius 2 is 2.37 bits per heavy atom. The minimum atomic E-state index is 0.305. The van der Waals surface area contributed by atoms with Crippen LogP contribution in [0.5, 0.6) is 0 Å². The third-order valence-corrected chi connectivity index (χ3v) is 4.42. The third kappa shape index (κ3) is 4.45. The molecule has 2 atom stereocenters. The van der Waals surface area contributed by atoms with Gasteiger partial charge in [-0.15, -0.1) is 0 Å². The Morgan fingerprint density at radius 3 is 3.05 bits per heavy atom. The normalized spacial score (nSPS) is 20.7. The molecule has 106 valence electrons. The van der Waals surface area contributed by atoms with Crippen LogP contribution in [0.15, 0.2) is 22.7 Å². The summed E-state index contributed by atoms with van der Waals surface area (Å²) in [7, 11) is 0. The van der Waals surface area contributed by atoms with Crippen LogP contribution in [-0.2, 0) is 4.74 Å². The fourth-order valence-electron chi connectivity index (χ4n) is 2.62. The van der Waals surface area contributed by atoms with Gasteiger partial charge in [-0.25, -0.2) is 0 Å². The number of ether oxygens (including phenoxy) is 1. The van der Waals surface area contributed by atoms with Crippen LogP contribution in [0.25, 0.3) is 0 Å². The van der Waals surface area contributed by atoms with Gasteiger partial charge in [0, 0.05) is 22.1 Å². The van der Waals surface area contributed by atoms with Crippen LogP contribution in [0.2, 0.25) is 5.02 Å². The number of halogens is 2. The summed E-state index contributed by atoms with van der Waals surface area (Å²) in [5.41, 5.74) is 1.18. The lowest BCUT2D eigenvalue weighted by Crippen LogP contribution is -2.22. The van der Waals surface area contributed by atoms with E-state index in [9.17, 15) is 0 Å². The summed E-state index contributed by atoms with van der Waals surface area (Å²) >= 11 is 9.85. The first-order chi connectivity index (χ1) is 9.20. The highest BCUT2D eigenvalue weighted by Gasteiger charge is 2.20. The minimum absolute atomic E-state index is 0.305. The molecule has 0 aromatic heterocycles. The molecular weight excluding hydrogens is 326 g/mol. The van der Waals surface area contributed by atoms with E-state index in [0.717, 1.165) is 35.5 Å². The molecule has 2 unspecified atom stereocenters. The second kappa shape index (κ2) is 7.63. The van der Waals surface area contributed by atoms with E-state index in [4.69, 9.17) is 16.3 Å². The highest BCUT2D eigenvalue weighted by atomic mass is 79.9. The first-order valence-corrected chi connectivity index (χ1v) is 8.17. The van der Waals surface area contributed by atoms with Crippen molar-refractivity contribution in [2.75, 3.05) is 13.2 Å². The van der Waals surface area contributed by atoms with Crippen LogP contribution in [-0.4, -0.2) is 19.3 Å². The Bertz CT molecular complexity index is 407. The van der Waals surface area contributed by atoms with Crippen molar-refractivity contribution >= 4 is 27.5 Å². The van der Waals surface area contributed by atoms with Crippen molar-refractivity contribution in [2.24, 2.45) is 0 Å². The largest absolute Gasteiger partial charge is 0.378 e. The van der Waals surface area contributed by atoms with Gasteiger partial charge in [0.05, 0.1) is 6.10 Å². The molecule has 1 aromatic carbocycles. The summed E-state index contributed by atoms with van der Waals surface area (Å²) in [4.78, 5) is 0. The zero-order chi connectivity index (χ0) is 13.7. The number of rotatable bonds is 6. The molecule has 1 heterocycles. The Morgan fingerprint density at radius 1 is 1.53 bits per heavy atom. The van der Waals surface area contributed by atoms with Crippen LogP contribution in [0.3, 0.4) is 0 Å². The summed E-state index contributed by atoms with van der Waals surface area (Å²) in [5.74, 6) is 0. The molecule has 1 N–H and O–H groups in total. The monoisotopic (exact) mass is 345 g/mol. The topological polar surface area (TPSA) is 21.3 Å². The van der Waals surface area contributed by atoms with Crippen LogP contribution in [0, 0.1) is 0 Å². The Labute approximate surface area is 129 Å². The lowest BCUT2D eigenvalue weighted by molar-refractivity contribution is 0.0996. The number of nitrogens with one attached hydrogen (secondary N) is 1. The second-order valence-electron chi connectivity index (χ2n) is 4.99. The van der Waals surface area contributed by atoms with E-state index < -0.39 is 0 Å². The van der Waals surface area contributed by atoms with Gasteiger partial charge in [-0.2, -0.15) is 0 Å². The van der Waals surface area contributed by atoms with E-state index in [1.807, 2.05) is 12.1 Å². The summed E-state index contributed by atoms with van der Waals surface area (Å²) < 4.78 is 6.78. The molecule has 4 heteroatoms. The SMILES string of the molecule is CCNC(CCC1CCCO1)c1cc(Br)ccc1Cl. The van der Waals surface area contributed by atoms with Crippen molar-refractivity contribution in [3.8, 4) is 0 Å². The molecule has 1 aromatic rings. The van der Waals surface area contributed by atoms with Gasteiger partial charge in [0.2, 0.25) is 0 Å². The second-order valence-corrected chi connectivity index (χ2v) is 6.31. The van der Waals surface area contributed by atoms with Crippen molar-refractivity contribution in [1.29, 1.82) is 0 Å². The third-order valence-electron chi connectivity index (χ3n) is 3.59. The van der Waals surface area contributed by atoms with Crippen LogP contribution in [0.4, 0.5) is 0 Å². The van der Waals surface area contributed by atoms with Gasteiger partial charge in [0.1, 0.15) is 0 Å². The van der Waals surface area contributed by atoms with E-state index in [-0.39, 0.29) is 0 Å². The van der Waals surface area contributed by atoms with E-state index in [1.54, 1.807) is 0 Å². The molecule has 1 aliphatic rings. The average molecular weight is 347 g/mol. The molecule has 1 fully saturated rings. The molecule has 0 aliphatic carbocycles. The van der Waals surface area contributed by atoms with E-state index in [1.165, 1.54) is 18.4 Å². The molecule has 0 amide bonds. The predicted molar refractivity (Wildman–Crippen MR) is 83.8 cm³/mol. The summed E-state index contributed by atoms with van der Waals surface area (Å²) in [6, 6.07) is 6.36. The van der Waals surface area contributed by atoms with Gasteiger partial charge < -0.3 is 10.1 Å². The lowest BCUT2D eigenvalue weighted by atomic mass is 9.99. The Kier molecular flexibility index (Phi) is 6.14. The van der Waals surface area contributed by atoms with Crippen LogP contribution >= 0.6 is 27.5 Å². The Hall–Kier alpha value is -0.0900. The summed E-state index contributed by atoms with van der Waals surface area (Å²) in [6.45, 7) is 4.00. The molecule has 1 saturated heterocycles. The molecule has 2 rings (SSSR count). The smallest absolute Gasteiger partial charge is 0.0576 e. The van der Waals surface area contributed by atoms with E-state index in [0.29, 0.717) is 12.1 Å². The average Bonchev–Trinajstić information content (AvgIpc) is 2.91. The quantitative estimate of drug-likeness (QED) is 0.805. The highest BCUT2D eigenvalue weighted by molar-refractivity contribution is 9.10. The van der Waals surface area contributed by atoms with Crippen molar-refractivity contribution in [1.82, 2.24) is 5.32 Å². The molecule has 0 radical (unpaired) electrons. The number of hydrogen-bond acceptors (Lipinski definition) is 2. The maximum Gasteiger partial charge on any atom is 0.0576 e. The maximum atomic E-state index is 6.33. The van der Waals surface area contributed by atoms with E-state index >= 15 is 0 Å². The minimum Gasteiger partial charge on any atom is -0.378 e.